The Balaban J connectivity index is 3.20. The molecular weight excluding hydrogens is 373 g/mol. The Morgan fingerprint density at radius 1 is 1.11 bits per heavy atom. The van der Waals surface area contributed by atoms with E-state index in [1.54, 1.807) is 0 Å². The van der Waals surface area contributed by atoms with Crippen molar-refractivity contribution < 1.29 is 13.6 Å². The molecule has 0 unspecified atom stereocenters. The Kier molecular flexibility index (Phi) is 6.91. The Bertz CT molecular complexity index is 542. The normalized spacial score (nSPS) is 12.6. The zero-order valence-electron chi connectivity index (χ0n) is 9.82. The Hall–Kier alpha value is 0.490. The second kappa shape index (κ2) is 7.48. The van der Waals surface area contributed by atoms with Gasteiger partial charge < -0.3 is 13.6 Å². The molecule has 0 N–H and O–H groups in total. The summed E-state index contributed by atoms with van der Waals surface area (Å²) in [6.45, 7) is -2.92. The van der Waals surface area contributed by atoms with Crippen LogP contribution in [0.1, 0.15) is 5.56 Å². The van der Waals surface area contributed by atoms with E-state index >= 15 is 0 Å². The molecule has 0 amide bonds. The molecule has 0 spiro atoms. The van der Waals surface area contributed by atoms with Gasteiger partial charge in [-0.25, -0.2) is 0 Å². The first-order chi connectivity index (χ1) is 8.86. The van der Waals surface area contributed by atoms with Crippen LogP contribution in [0.3, 0.4) is 0 Å². The van der Waals surface area contributed by atoms with Crippen molar-refractivity contribution in [3.05, 3.63) is 38.3 Å². The molecule has 1 aromatic rings. The predicted octanol–water partition coefficient (Wildman–Crippen LogP) is 5.72. The van der Waals surface area contributed by atoms with Crippen LogP contribution in [0.25, 0.3) is 5.76 Å². The number of halogens is 4. The van der Waals surface area contributed by atoms with Crippen LogP contribution in [0.4, 0.5) is 0 Å². The molecule has 106 valence electrons. The Morgan fingerprint density at radius 3 is 2.11 bits per heavy atom. The summed E-state index contributed by atoms with van der Waals surface area (Å²) in [5, 5.41) is 0.945. The molecule has 0 aromatic heterocycles. The van der Waals surface area contributed by atoms with E-state index in [2.05, 4.69) is 0 Å². The lowest BCUT2D eigenvalue weighted by Crippen LogP contribution is -1.96. The molecule has 0 atom stereocenters. The number of hydrogen-bond donors (Lipinski definition) is 0. The standard InChI is InChI=1S/C10H9Cl4O3PS/c1-15-18(19,16-2)17-10(5-11)6-3-8(13)9(14)4-7(6)12/h3-5H,1-2H3/b10-5+. The summed E-state index contributed by atoms with van der Waals surface area (Å²) in [5.74, 6) is 0.192. The van der Waals surface area contributed by atoms with E-state index in [0.717, 1.165) is 0 Å². The van der Waals surface area contributed by atoms with Crippen molar-refractivity contribution in [1.29, 1.82) is 0 Å². The van der Waals surface area contributed by atoms with E-state index in [-0.39, 0.29) is 5.76 Å². The molecule has 0 radical (unpaired) electrons. The summed E-state index contributed by atoms with van der Waals surface area (Å²) in [6, 6.07) is 3.00. The zero-order valence-corrected chi connectivity index (χ0v) is 14.6. The van der Waals surface area contributed by atoms with Crippen LogP contribution in [-0.4, -0.2) is 14.2 Å². The lowest BCUT2D eigenvalue weighted by molar-refractivity contribution is 0.262. The van der Waals surface area contributed by atoms with Gasteiger partial charge in [0.15, 0.2) is 0 Å². The molecule has 0 aliphatic carbocycles. The summed E-state index contributed by atoms with van der Waals surface area (Å²) in [5.41, 5.74) is 1.61. The van der Waals surface area contributed by atoms with Gasteiger partial charge in [-0.05, 0) is 12.1 Å². The van der Waals surface area contributed by atoms with Gasteiger partial charge in [0.1, 0.15) is 5.76 Å². The molecule has 0 saturated carbocycles. The molecule has 9 heteroatoms. The molecule has 0 saturated heterocycles. The van der Waals surface area contributed by atoms with Gasteiger partial charge in [-0.15, -0.1) is 0 Å². The topological polar surface area (TPSA) is 27.7 Å². The van der Waals surface area contributed by atoms with Crippen LogP contribution < -0.4 is 0 Å². The first-order valence-electron chi connectivity index (χ1n) is 4.73. The number of hydrogen-bond acceptors (Lipinski definition) is 4. The summed E-state index contributed by atoms with van der Waals surface area (Å²) in [7, 11) is 2.76. The fraction of sp³-hybridized carbons (Fsp3) is 0.200. The molecule has 0 aliphatic heterocycles. The van der Waals surface area contributed by atoms with Gasteiger partial charge in [0.2, 0.25) is 0 Å². The summed E-state index contributed by atoms with van der Waals surface area (Å²) >= 11 is 28.7. The van der Waals surface area contributed by atoms with Crippen LogP contribution in [-0.2, 0) is 25.4 Å². The lowest BCUT2D eigenvalue weighted by atomic mass is 10.2. The third-order valence-corrected chi connectivity index (χ3v) is 5.70. The van der Waals surface area contributed by atoms with Crippen molar-refractivity contribution in [1.82, 2.24) is 0 Å². The van der Waals surface area contributed by atoms with Crippen molar-refractivity contribution >= 4 is 70.7 Å². The average Bonchev–Trinajstić information content (AvgIpc) is 2.40. The first-order valence-corrected chi connectivity index (χ1v) is 8.86. The van der Waals surface area contributed by atoms with E-state index in [0.29, 0.717) is 20.6 Å². The van der Waals surface area contributed by atoms with Crippen molar-refractivity contribution in [3.8, 4) is 0 Å². The monoisotopic (exact) mass is 380 g/mol. The highest BCUT2D eigenvalue weighted by Crippen LogP contribution is 2.52. The van der Waals surface area contributed by atoms with E-state index < -0.39 is 6.72 Å². The van der Waals surface area contributed by atoms with Crippen LogP contribution >= 0.6 is 53.1 Å². The quantitative estimate of drug-likeness (QED) is 0.370. The van der Waals surface area contributed by atoms with Crippen LogP contribution in [0.15, 0.2) is 17.7 Å². The maximum Gasteiger partial charge on any atom is 0.380 e. The number of benzene rings is 1. The largest absolute Gasteiger partial charge is 0.422 e. The number of rotatable bonds is 5. The van der Waals surface area contributed by atoms with Crippen molar-refractivity contribution in [3.63, 3.8) is 0 Å². The fourth-order valence-corrected chi connectivity index (χ4v) is 2.90. The minimum Gasteiger partial charge on any atom is -0.422 e. The second-order valence-electron chi connectivity index (χ2n) is 3.12. The molecule has 0 heterocycles. The summed E-state index contributed by atoms with van der Waals surface area (Å²) in [6.07, 6.45) is 0. The van der Waals surface area contributed by atoms with Gasteiger partial charge in [0.05, 0.1) is 15.1 Å². The third-order valence-electron chi connectivity index (χ3n) is 2.03. The van der Waals surface area contributed by atoms with Crippen molar-refractivity contribution in [2.24, 2.45) is 0 Å². The lowest BCUT2D eigenvalue weighted by Gasteiger charge is -2.20. The van der Waals surface area contributed by atoms with Gasteiger partial charge in [-0.3, -0.25) is 0 Å². The average molecular weight is 382 g/mol. The van der Waals surface area contributed by atoms with Crippen molar-refractivity contribution in [2.45, 2.75) is 0 Å². The molecule has 0 bridgehead atoms. The summed E-state index contributed by atoms with van der Waals surface area (Å²) in [4.78, 5) is 0. The first kappa shape index (κ1) is 17.5. The molecule has 1 rings (SSSR count). The molecular formula is C10H9Cl4O3PS. The Labute approximate surface area is 136 Å². The van der Waals surface area contributed by atoms with Gasteiger partial charge in [0.25, 0.3) is 0 Å². The zero-order chi connectivity index (χ0) is 14.6. The van der Waals surface area contributed by atoms with E-state index in [9.17, 15) is 0 Å². The SMILES string of the molecule is COP(=S)(OC)O/C(=C/Cl)c1cc(Cl)c(Cl)cc1Cl. The molecule has 1 aromatic carbocycles. The van der Waals surface area contributed by atoms with Crippen LogP contribution in [0, 0.1) is 0 Å². The Morgan fingerprint density at radius 2 is 1.63 bits per heavy atom. The van der Waals surface area contributed by atoms with Gasteiger partial charge in [-0.2, -0.15) is 0 Å². The highest BCUT2D eigenvalue weighted by atomic mass is 35.5. The minimum atomic E-state index is -2.92. The van der Waals surface area contributed by atoms with Crippen LogP contribution in [0.5, 0.6) is 0 Å². The summed E-state index contributed by atoms with van der Waals surface area (Å²) < 4.78 is 15.5. The highest BCUT2D eigenvalue weighted by Gasteiger charge is 2.22. The minimum absolute atomic E-state index is 0.192. The maximum atomic E-state index is 6.06. The highest BCUT2D eigenvalue weighted by molar-refractivity contribution is 8.07. The molecule has 0 aliphatic rings. The fourth-order valence-electron chi connectivity index (χ4n) is 1.11. The molecule has 0 fully saturated rings. The maximum absolute atomic E-state index is 6.06. The second-order valence-corrected chi connectivity index (χ2v) is 7.71. The molecule has 3 nitrogen and oxygen atoms in total. The molecule has 19 heavy (non-hydrogen) atoms. The van der Waals surface area contributed by atoms with E-state index in [1.165, 1.54) is 31.9 Å². The predicted molar refractivity (Wildman–Crippen MR) is 84.7 cm³/mol. The van der Waals surface area contributed by atoms with Gasteiger partial charge >= 0.3 is 6.72 Å². The van der Waals surface area contributed by atoms with Crippen molar-refractivity contribution in [2.75, 3.05) is 14.2 Å². The van der Waals surface area contributed by atoms with E-state index in [1.807, 2.05) is 0 Å². The third kappa shape index (κ3) is 4.48. The van der Waals surface area contributed by atoms with Gasteiger partial charge in [0, 0.05) is 37.1 Å². The van der Waals surface area contributed by atoms with E-state index in [4.69, 9.17) is 71.8 Å². The smallest absolute Gasteiger partial charge is 0.380 e. The van der Waals surface area contributed by atoms with Gasteiger partial charge in [-0.1, -0.05) is 46.4 Å². The van der Waals surface area contributed by atoms with Crippen LogP contribution in [0.2, 0.25) is 15.1 Å².